The first-order valence-corrected chi connectivity index (χ1v) is 9.38. The van der Waals surface area contributed by atoms with Crippen LogP contribution in [-0.4, -0.2) is 22.6 Å². The summed E-state index contributed by atoms with van der Waals surface area (Å²) in [7, 11) is 2.19. The van der Waals surface area contributed by atoms with E-state index in [2.05, 4.69) is 16.5 Å². The Balaban J connectivity index is 1.60. The molecule has 2 aliphatic rings. The summed E-state index contributed by atoms with van der Waals surface area (Å²) < 4.78 is 29.8. The molecule has 1 saturated heterocycles. The summed E-state index contributed by atoms with van der Waals surface area (Å²) >= 11 is 0. The number of hydrogen-bond donors (Lipinski definition) is 0. The van der Waals surface area contributed by atoms with Crippen molar-refractivity contribution in [1.29, 1.82) is 0 Å². The Morgan fingerprint density at radius 2 is 1.88 bits per heavy atom. The summed E-state index contributed by atoms with van der Waals surface area (Å²) in [6.07, 6.45) is 4.14. The number of benzene rings is 2. The van der Waals surface area contributed by atoms with Crippen molar-refractivity contribution < 1.29 is 8.78 Å². The van der Waals surface area contributed by atoms with Crippen LogP contribution in [0.4, 0.5) is 8.78 Å². The molecule has 2 atom stereocenters. The van der Waals surface area contributed by atoms with E-state index in [1.165, 1.54) is 23.7 Å². The Bertz CT molecular complexity index is 991. The fraction of sp³-hybridized carbons (Fsp3) is 0.364. The molecule has 2 bridgehead atoms. The number of rotatable bonds is 3. The minimum Gasteiger partial charge on any atom is -0.344 e. The van der Waals surface area contributed by atoms with Crippen molar-refractivity contribution >= 4 is 10.9 Å². The lowest BCUT2D eigenvalue weighted by Crippen LogP contribution is -2.34. The number of likely N-dealkylation sites (N-methyl/N-ethyl adjacent to an activating group) is 1. The van der Waals surface area contributed by atoms with Gasteiger partial charge < -0.3 is 4.57 Å². The van der Waals surface area contributed by atoms with Gasteiger partial charge in [0, 0.05) is 41.6 Å². The third-order valence-electron chi connectivity index (χ3n) is 6.29. The van der Waals surface area contributed by atoms with Crippen LogP contribution in [0.2, 0.25) is 0 Å². The summed E-state index contributed by atoms with van der Waals surface area (Å²) in [5.74, 6) is -0.367. The van der Waals surface area contributed by atoms with Crippen LogP contribution in [0.5, 0.6) is 0 Å². The zero-order valence-electron chi connectivity index (χ0n) is 14.9. The van der Waals surface area contributed by atoms with Crippen LogP contribution in [0, 0.1) is 11.6 Å². The largest absolute Gasteiger partial charge is 0.344 e. The van der Waals surface area contributed by atoms with Crippen LogP contribution in [0.25, 0.3) is 10.9 Å². The molecule has 0 saturated carbocycles. The molecular formula is C22H22F2N2. The SMILES string of the molecule is CN1C2CCC1c1c(n(CCc3cccc(F)c3)c3ccc(F)cc13)C2. The molecule has 3 aromatic rings. The predicted molar refractivity (Wildman–Crippen MR) is 99.2 cm³/mol. The minimum absolute atomic E-state index is 0.176. The highest BCUT2D eigenvalue weighted by atomic mass is 19.1. The smallest absolute Gasteiger partial charge is 0.123 e. The highest BCUT2D eigenvalue weighted by molar-refractivity contribution is 5.86. The number of hydrogen-bond acceptors (Lipinski definition) is 1. The van der Waals surface area contributed by atoms with Gasteiger partial charge in [-0.3, -0.25) is 4.90 Å². The third-order valence-corrected chi connectivity index (χ3v) is 6.29. The topological polar surface area (TPSA) is 8.17 Å². The van der Waals surface area contributed by atoms with Gasteiger partial charge in [-0.25, -0.2) is 8.78 Å². The fourth-order valence-electron chi connectivity index (χ4n) is 5.02. The minimum atomic E-state index is -0.191. The monoisotopic (exact) mass is 352 g/mol. The molecule has 26 heavy (non-hydrogen) atoms. The van der Waals surface area contributed by atoms with Gasteiger partial charge >= 0.3 is 0 Å². The average Bonchev–Trinajstić information content (AvgIpc) is 3.03. The molecule has 2 aliphatic heterocycles. The zero-order valence-corrected chi connectivity index (χ0v) is 14.9. The summed E-state index contributed by atoms with van der Waals surface area (Å²) in [5, 5.41) is 1.05. The van der Waals surface area contributed by atoms with Crippen molar-refractivity contribution in [3.05, 3.63) is 70.9 Å². The Morgan fingerprint density at radius 3 is 2.73 bits per heavy atom. The maximum Gasteiger partial charge on any atom is 0.123 e. The Labute approximate surface area is 152 Å². The number of fused-ring (bicyclic) bond motifs is 6. The molecule has 0 radical (unpaired) electrons. The summed E-state index contributed by atoms with van der Waals surface area (Å²) in [5.41, 5.74) is 4.77. The van der Waals surface area contributed by atoms with Gasteiger partial charge in [-0.15, -0.1) is 0 Å². The van der Waals surface area contributed by atoms with Gasteiger partial charge in [0.25, 0.3) is 0 Å². The van der Waals surface area contributed by atoms with E-state index < -0.39 is 0 Å². The van der Waals surface area contributed by atoms with Crippen molar-refractivity contribution in [3.63, 3.8) is 0 Å². The normalized spacial score (nSPS) is 22.1. The molecule has 2 unspecified atom stereocenters. The Hall–Kier alpha value is -2.20. The van der Waals surface area contributed by atoms with Crippen molar-refractivity contribution in [1.82, 2.24) is 9.47 Å². The van der Waals surface area contributed by atoms with Gasteiger partial charge in [0.2, 0.25) is 0 Å². The summed E-state index contributed by atoms with van der Waals surface area (Å²) in [4.78, 5) is 2.46. The van der Waals surface area contributed by atoms with Crippen molar-refractivity contribution in [2.45, 2.75) is 44.3 Å². The van der Waals surface area contributed by atoms with Gasteiger partial charge in [-0.05, 0) is 67.8 Å². The molecule has 1 fully saturated rings. The maximum atomic E-state index is 14.0. The van der Waals surface area contributed by atoms with Gasteiger partial charge in [-0.1, -0.05) is 12.1 Å². The maximum absolute atomic E-state index is 14.0. The van der Waals surface area contributed by atoms with Crippen LogP contribution in [0.1, 0.15) is 35.7 Å². The second kappa shape index (κ2) is 5.92. The standard InChI is InChI=1S/C22H22F2N2/c1-25-17-6-8-20(25)22-18-12-16(24)5-7-19(18)26(21(22)13-17)10-9-14-3-2-4-15(23)11-14/h2-5,7,11-12,17,20H,6,8-10,13H2,1H3. The van der Waals surface area contributed by atoms with E-state index in [1.54, 1.807) is 24.3 Å². The first-order valence-electron chi connectivity index (χ1n) is 9.38. The first-order chi connectivity index (χ1) is 12.6. The number of halogens is 2. The van der Waals surface area contributed by atoms with Gasteiger partial charge in [0.15, 0.2) is 0 Å². The molecule has 134 valence electrons. The third kappa shape index (κ3) is 2.39. The molecule has 3 heterocycles. The molecule has 5 rings (SSSR count). The van der Waals surface area contributed by atoms with Crippen LogP contribution in [0.15, 0.2) is 42.5 Å². The zero-order chi connectivity index (χ0) is 17.8. The Morgan fingerprint density at radius 1 is 1.04 bits per heavy atom. The lowest BCUT2D eigenvalue weighted by Gasteiger charge is -2.32. The van der Waals surface area contributed by atoms with Crippen molar-refractivity contribution in [2.75, 3.05) is 7.05 Å². The fourth-order valence-corrected chi connectivity index (χ4v) is 5.02. The second-order valence-corrected chi connectivity index (χ2v) is 7.67. The van der Waals surface area contributed by atoms with Gasteiger partial charge in [-0.2, -0.15) is 0 Å². The second-order valence-electron chi connectivity index (χ2n) is 7.67. The molecule has 0 spiro atoms. The first kappa shape index (κ1) is 16.0. The van der Waals surface area contributed by atoms with Crippen LogP contribution in [-0.2, 0) is 19.4 Å². The molecule has 0 N–H and O–H groups in total. The van der Waals surface area contributed by atoms with E-state index in [0.29, 0.717) is 12.1 Å². The molecule has 4 heteroatoms. The molecular weight excluding hydrogens is 330 g/mol. The van der Waals surface area contributed by atoms with E-state index in [0.717, 1.165) is 42.3 Å². The lowest BCUT2D eigenvalue weighted by molar-refractivity contribution is 0.222. The molecule has 0 aliphatic carbocycles. The molecule has 0 amide bonds. The molecule has 2 aromatic carbocycles. The molecule has 2 nitrogen and oxygen atoms in total. The van der Waals surface area contributed by atoms with E-state index in [1.807, 2.05) is 12.1 Å². The lowest BCUT2D eigenvalue weighted by atomic mass is 9.97. The van der Waals surface area contributed by atoms with E-state index >= 15 is 0 Å². The highest BCUT2D eigenvalue weighted by Gasteiger charge is 2.40. The van der Waals surface area contributed by atoms with E-state index in [4.69, 9.17) is 0 Å². The van der Waals surface area contributed by atoms with Crippen LogP contribution < -0.4 is 0 Å². The summed E-state index contributed by atoms with van der Waals surface area (Å²) in [6, 6.07) is 12.9. The van der Waals surface area contributed by atoms with Crippen molar-refractivity contribution in [3.8, 4) is 0 Å². The van der Waals surface area contributed by atoms with Crippen LogP contribution in [0.3, 0.4) is 0 Å². The predicted octanol–water partition coefficient (Wildman–Crippen LogP) is 4.85. The van der Waals surface area contributed by atoms with Gasteiger partial charge in [0.1, 0.15) is 11.6 Å². The van der Waals surface area contributed by atoms with E-state index in [-0.39, 0.29) is 11.6 Å². The van der Waals surface area contributed by atoms with Crippen molar-refractivity contribution in [2.24, 2.45) is 0 Å². The number of aromatic nitrogens is 1. The van der Waals surface area contributed by atoms with Crippen LogP contribution >= 0.6 is 0 Å². The highest BCUT2D eigenvalue weighted by Crippen LogP contribution is 2.46. The average molecular weight is 352 g/mol. The quantitative estimate of drug-likeness (QED) is 0.654. The Kier molecular flexibility index (Phi) is 3.64. The van der Waals surface area contributed by atoms with E-state index in [9.17, 15) is 8.78 Å². The summed E-state index contributed by atoms with van der Waals surface area (Å²) in [6.45, 7) is 0.796. The number of aryl methyl sites for hydroxylation is 2. The molecule has 1 aromatic heterocycles. The van der Waals surface area contributed by atoms with Gasteiger partial charge in [0.05, 0.1) is 0 Å². The number of nitrogens with zero attached hydrogens (tertiary/aromatic N) is 2.